The first kappa shape index (κ1) is 17.7. The number of aryl methyl sites for hydroxylation is 1. The van der Waals surface area contributed by atoms with Crippen molar-refractivity contribution in [2.45, 2.75) is 27.2 Å². The maximum absolute atomic E-state index is 12.2. The molecule has 3 rings (SSSR count). The van der Waals surface area contributed by atoms with Gasteiger partial charge in [0.05, 0.1) is 5.71 Å². The average Bonchev–Trinajstić information content (AvgIpc) is 2.56. The van der Waals surface area contributed by atoms with Crippen molar-refractivity contribution in [2.24, 2.45) is 10.5 Å². The molecule has 0 bridgehead atoms. The number of hydrogen-bond donors (Lipinski definition) is 3. The van der Waals surface area contributed by atoms with Gasteiger partial charge in [0.15, 0.2) is 0 Å². The number of carbonyl (C=O) groups excluding carboxylic acids is 2. The zero-order valence-electron chi connectivity index (χ0n) is 15.1. The molecule has 1 aliphatic heterocycles. The monoisotopic (exact) mass is 350 g/mol. The summed E-state index contributed by atoms with van der Waals surface area (Å²) >= 11 is 0. The molecule has 0 saturated heterocycles. The highest BCUT2D eigenvalue weighted by Crippen LogP contribution is 2.30. The van der Waals surface area contributed by atoms with Gasteiger partial charge in [-0.3, -0.25) is 4.79 Å². The molecule has 1 aliphatic rings. The van der Waals surface area contributed by atoms with Gasteiger partial charge >= 0.3 is 6.03 Å². The lowest BCUT2D eigenvalue weighted by Crippen LogP contribution is -2.39. The number of amides is 3. The second-order valence-corrected chi connectivity index (χ2v) is 7.08. The lowest BCUT2D eigenvalue weighted by molar-refractivity contribution is -0.122. The van der Waals surface area contributed by atoms with Gasteiger partial charge in [-0.1, -0.05) is 43.7 Å². The lowest BCUT2D eigenvalue weighted by Gasteiger charge is -2.29. The molecular formula is C20H22N4O2. The molecule has 2 aromatic rings. The summed E-state index contributed by atoms with van der Waals surface area (Å²) in [6, 6.07) is 14.7. The SMILES string of the molecule is Cc1ccc(NC(=O)Nc2cccc(C3=NNC(=O)CC3(C)C)c2)cc1. The van der Waals surface area contributed by atoms with Gasteiger partial charge in [-0.2, -0.15) is 5.10 Å². The molecule has 1 heterocycles. The van der Waals surface area contributed by atoms with Gasteiger partial charge in [-0.25, -0.2) is 10.2 Å². The van der Waals surface area contributed by atoms with Crippen LogP contribution in [0.2, 0.25) is 0 Å². The highest BCUT2D eigenvalue weighted by molar-refractivity contribution is 6.09. The molecular weight excluding hydrogens is 328 g/mol. The van der Waals surface area contributed by atoms with Crippen LogP contribution in [0.4, 0.5) is 16.2 Å². The summed E-state index contributed by atoms with van der Waals surface area (Å²) in [6.07, 6.45) is 0.372. The molecule has 6 heteroatoms. The quantitative estimate of drug-likeness (QED) is 0.785. The van der Waals surface area contributed by atoms with Gasteiger partial charge in [-0.05, 0) is 31.2 Å². The topological polar surface area (TPSA) is 82.6 Å². The van der Waals surface area contributed by atoms with Gasteiger partial charge in [0.1, 0.15) is 0 Å². The van der Waals surface area contributed by atoms with Crippen molar-refractivity contribution in [3.63, 3.8) is 0 Å². The number of hydrogen-bond acceptors (Lipinski definition) is 3. The van der Waals surface area contributed by atoms with Gasteiger partial charge in [-0.15, -0.1) is 0 Å². The number of hydrazone groups is 1. The summed E-state index contributed by atoms with van der Waals surface area (Å²) in [5, 5.41) is 9.85. The van der Waals surface area contributed by atoms with Crippen LogP contribution in [-0.2, 0) is 4.79 Å². The van der Waals surface area contributed by atoms with Crippen LogP contribution in [0.15, 0.2) is 53.6 Å². The highest BCUT2D eigenvalue weighted by Gasteiger charge is 2.33. The van der Waals surface area contributed by atoms with Crippen molar-refractivity contribution in [1.82, 2.24) is 5.43 Å². The maximum atomic E-state index is 12.2. The van der Waals surface area contributed by atoms with Crippen molar-refractivity contribution in [3.8, 4) is 0 Å². The van der Waals surface area contributed by atoms with Gasteiger partial charge in [0.25, 0.3) is 0 Å². The van der Waals surface area contributed by atoms with E-state index < -0.39 is 0 Å². The predicted molar refractivity (Wildman–Crippen MR) is 103 cm³/mol. The van der Waals surface area contributed by atoms with Crippen LogP contribution in [0.1, 0.15) is 31.4 Å². The van der Waals surface area contributed by atoms with Crippen LogP contribution in [0.3, 0.4) is 0 Å². The van der Waals surface area contributed by atoms with E-state index >= 15 is 0 Å². The molecule has 3 N–H and O–H groups in total. The summed E-state index contributed by atoms with van der Waals surface area (Å²) in [7, 11) is 0. The molecule has 0 fully saturated rings. The fourth-order valence-corrected chi connectivity index (χ4v) is 2.92. The Balaban J connectivity index is 1.74. The Labute approximate surface area is 152 Å². The Kier molecular flexibility index (Phi) is 4.75. The Hall–Kier alpha value is -3.15. The third-order valence-corrected chi connectivity index (χ3v) is 4.24. The molecule has 6 nitrogen and oxygen atoms in total. The highest BCUT2D eigenvalue weighted by atomic mass is 16.2. The molecule has 0 aromatic heterocycles. The Morgan fingerprint density at radius 2 is 1.77 bits per heavy atom. The Morgan fingerprint density at radius 1 is 1.08 bits per heavy atom. The standard InChI is InChI=1S/C20H22N4O2/c1-13-7-9-15(10-8-13)21-19(26)22-16-6-4-5-14(11-16)18-20(2,3)12-17(25)23-24-18/h4-11H,12H2,1-3H3,(H,23,25)(H2,21,22,26). The molecule has 134 valence electrons. The Morgan fingerprint density at radius 3 is 2.46 bits per heavy atom. The molecule has 0 saturated carbocycles. The van der Waals surface area contributed by atoms with Gasteiger partial charge < -0.3 is 10.6 Å². The van der Waals surface area contributed by atoms with E-state index in [0.717, 1.165) is 22.5 Å². The van der Waals surface area contributed by atoms with E-state index in [0.29, 0.717) is 12.1 Å². The average molecular weight is 350 g/mol. The molecule has 3 amide bonds. The zero-order chi connectivity index (χ0) is 18.7. The van der Waals surface area contributed by atoms with Gasteiger partial charge in [0.2, 0.25) is 5.91 Å². The maximum Gasteiger partial charge on any atom is 0.323 e. The number of urea groups is 1. The van der Waals surface area contributed by atoms with Crippen molar-refractivity contribution in [2.75, 3.05) is 10.6 Å². The second-order valence-electron chi connectivity index (χ2n) is 7.08. The lowest BCUT2D eigenvalue weighted by atomic mass is 9.79. The van der Waals surface area contributed by atoms with Crippen molar-refractivity contribution < 1.29 is 9.59 Å². The van der Waals surface area contributed by atoms with E-state index in [1.165, 1.54) is 0 Å². The van der Waals surface area contributed by atoms with Gasteiger partial charge in [0, 0.05) is 28.8 Å². The molecule has 0 unspecified atom stereocenters. The normalized spacial score (nSPS) is 15.7. The van der Waals surface area contributed by atoms with Crippen molar-refractivity contribution in [3.05, 3.63) is 59.7 Å². The first-order chi connectivity index (χ1) is 12.3. The van der Waals surface area contributed by atoms with E-state index in [1.54, 1.807) is 0 Å². The van der Waals surface area contributed by atoms with E-state index in [4.69, 9.17) is 0 Å². The molecule has 26 heavy (non-hydrogen) atoms. The second kappa shape index (κ2) is 7.00. The number of anilines is 2. The van der Waals surface area contributed by atoms with E-state index in [-0.39, 0.29) is 17.4 Å². The minimum Gasteiger partial charge on any atom is -0.308 e. The molecule has 0 aliphatic carbocycles. The number of carbonyl (C=O) groups is 2. The molecule has 0 spiro atoms. The zero-order valence-corrected chi connectivity index (χ0v) is 15.1. The fraction of sp³-hybridized carbons (Fsp3) is 0.250. The van der Waals surface area contributed by atoms with Crippen molar-refractivity contribution >= 4 is 29.0 Å². The summed E-state index contributed by atoms with van der Waals surface area (Å²) in [5.41, 5.74) is 6.33. The third-order valence-electron chi connectivity index (χ3n) is 4.24. The Bertz CT molecular complexity index is 870. The first-order valence-corrected chi connectivity index (χ1v) is 8.46. The number of benzene rings is 2. The molecule has 0 atom stereocenters. The minimum atomic E-state index is -0.370. The van der Waals surface area contributed by atoms with Crippen LogP contribution >= 0.6 is 0 Å². The van der Waals surface area contributed by atoms with Crippen LogP contribution < -0.4 is 16.1 Å². The van der Waals surface area contributed by atoms with Crippen LogP contribution in [0.5, 0.6) is 0 Å². The summed E-state index contributed by atoms with van der Waals surface area (Å²) in [4.78, 5) is 23.8. The van der Waals surface area contributed by atoms with E-state index in [1.807, 2.05) is 69.3 Å². The van der Waals surface area contributed by atoms with Crippen LogP contribution in [0.25, 0.3) is 0 Å². The molecule has 2 aromatic carbocycles. The number of nitrogens with zero attached hydrogens (tertiary/aromatic N) is 1. The van der Waals surface area contributed by atoms with Crippen LogP contribution in [-0.4, -0.2) is 17.6 Å². The smallest absolute Gasteiger partial charge is 0.308 e. The minimum absolute atomic E-state index is 0.0921. The number of rotatable bonds is 3. The van der Waals surface area contributed by atoms with Crippen molar-refractivity contribution in [1.29, 1.82) is 0 Å². The summed E-state index contributed by atoms with van der Waals surface area (Å²) < 4.78 is 0. The summed E-state index contributed by atoms with van der Waals surface area (Å²) in [6.45, 7) is 5.96. The van der Waals surface area contributed by atoms with E-state index in [2.05, 4.69) is 21.2 Å². The predicted octanol–water partition coefficient (Wildman–Crippen LogP) is 3.89. The first-order valence-electron chi connectivity index (χ1n) is 8.46. The fourth-order valence-electron chi connectivity index (χ4n) is 2.92. The largest absolute Gasteiger partial charge is 0.323 e. The number of nitrogens with one attached hydrogen (secondary N) is 3. The van der Waals surface area contributed by atoms with Crippen LogP contribution in [0, 0.1) is 12.3 Å². The molecule has 0 radical (unpaired) electrons. The third kappa shape index (κ3) is 4.08. The summed E-state index contributed by atoms with van der Waals surface area (Å²) in [5.74, 6) is -0.0921. The van der Waals surface area contributed by atoms with E-state index in [9.17, 15) is 9.59 Å².